The largest absolute Gasteiger partial charge is 0.423 e. The van der Waals surface area contributed by atoms with Gasteiger partial charge in [0, 0.05) is 0 Å². The molecule has 3 rings (SSSR count). The van der Waals surface area contributed by atoms with E-state index in [1.165, 1.54) is 24.3 Å². The van der Waals surface area contributed by atoms with Crippen LogP contribution >= 0.6 is 0 Å². The average Bonchev–Trinajstić information content (AvgIpc) is 2.66. The van der Waals surface area contributed by atoms with E-state index in [-0.39, 0.29) is 12.0 Å². The van der Waals surface area contributed by atoms with Gasteiger partial charge in [-0.25, -0.2) is 0 Å². The van der Waals surface area contributed by atoms with Gasteiger partial charge >= 0.3 is 6.18 Å². The molecule has 3 aromatic rings. The van der Waals surface area contributed by atoms with Crippen molar-refractivity contribution in [3.8, 4) is 0 Å². The van der Waals surface area contributed by atoms with E-state index in [1.54, 1.807) is 18.2 Å². The Morgan fingerprint density at radius 3 is 2.22 bits per heavy atom. The Hall–Kier alpha value is -2.86. The number of hydrogen-bond donors (Lipinski definition) is 2. The highest BCUT2D eigenvalue weighted by Gasteiger charge is 2.55. The molecule has 27 heavy (non-hydrogen) atoms. The molecule has 0 spiro atoms. The third-order valence-corrected chi connectivity index (χ3v) is 4.49. The summed E-state index contributed by atoms with van der Waals surface area (Å²) in [6.45, 7) is -0.954. The van der Waals surface area contributed by atoms with E-state index in [2.05, 4.69) is 5.32 Å². The Morgan fingerprint density at radius 2 is 1.52 bits per heavy atom. The lowest BCUT2D eigenvalue weighted by atomic mass is 9.93. The van der Waals surface area contributed by atoms with Crippen LogP contribution < -0.4 is 5.32 Å². The molecule has 0 aliphatic heterocycles. The van der Waals surface area contributed by atoms with Gasteiger partial charge in [-0.2, -0.15) is 13.2 Å². The van der Waals surface area contributed by atoms with Crippen molar-refractivity contribution in [3.63, 3.8) is 0 Å². The first kappa shape index (κ1) is 18.9. The molecular weight excluding hydrogens is 355 g/mol. The number of amides is 1. The molecule has 0 saturated carbocycles. The summed E-state index contributed by atoms with van der Waals surface area (Å²) in [4.78, 5) is 12.3. The van der Waals surface area contributed by atoms with Crippen LogP contribution in [0.15, 0.2) is 72.8 Å². The van der Waals surface area contributed by atoms with Crippen LogP contribution in [0.1, 0.15) is 11.1 Å². The highest BCUT2D eigenvalue weighted by molar-refractivity contribution is 5.90. The summed E-state index contributed by atoms with van der Waals surface area (Å²) in [7, 11) is 0. The second-order valence-corrected chi connectivity index (χ2v) is 6.32. The van der Waals surface area contributed by atoms with Crippen LogP contribution in [0.3, 0.4) is 0 Å². The van der Waals surface area contributed by atoms with Crippen molar-refractivity contribution >= 4 is 16.7 Å². The van der Waals surface area contributed by atoms with Crippen LogP contribution in [0.5, 0.6) is 0 Å². The topological polar surface area (TPSA) is 49.3 Å². The van der Waals surface area contributed by atoms with Crippen LogP contribution in [0, 0.1) is 0 Å². The Bertz CT molecular complexity index is 936. The number of hydrogen-bond acceptors (Lipinski definition) is 2. The molecule has 1 atom stereocenters. The number of nitrogens with one attached hydrogen (secondary N) is 1. The lowest BCUT2D eigenvalue weighted by Crippen LogP contribution is -2.51. The Labute approximate surface area is 154 Å². The zero-order valence-corrected chi connectivity index (χ0v) is 14.3. The van der Waals surface area contributed by atoms with Gasteiger partial charge in [0.1, 0.15) is 0 Å². The molecule has 140 valence electrons. The molecule has 6 heteroatoms. The minimum atomic E-state index is -4.93. The smallest absolute Gasteiger partial charge is 0.375 e. The van der Waals surface area contributed by atoms with Crippen LogP contribution in [0.25, 0.3) is 10.8 Å². The first-order chi connectivity index (χ1) is 12.8. The number of carbonyl (C=O) groups is 1. The summed E-state index contributed by atoms with van der Waals surface area (Å²) in [6.07, 6.45) is -5.01. The zero-order valence-electron chi connectivity index (χ0n) is 14.3. The summed E-state index contributed by atoms with van der Waals surface area (Å²) in [5, 5.41) is 14.3. The Morgan fingerprint density at radius 1 is 0.889 bits per heavy atom. The predicted molar refractivity (Wildman–Crippen MR) is 97.1 cm³/mol. The van der Waals surface area contributed by atoms with Gasteiger partial charge in [0.2, 0.25) is 11.5 Å². The molecule has 0 aliphatic rings. The minimum Gasteiger partial charge on any atom is -0.375 e. The fourth-order valence-electron chi connectivity index (χ4n) is 2.99. The maximum Gasteiger partial charge on any atom is 0.423 e. The van der Waals surface area contributed by atoms with Gasteiger partial charge in [0.15, 0.2) is 0 Å². The summed E-state index contributed by atoms with van der Waals surface area (Å²) >= 11 is 0. The molecule has 3 nitrogen and oxygen atoms in total. The van der Waals surface area contributed by atoms with E-state index in [0.29, 0.717) is 5.56 Å². The van der Waals surface area contributed by atoms with Gasteiger partial charge in [0.25, 0.3) is 0 Å². The Kier molecular flexibility index (Phi) is 5.19. The normalized spacial score (nSPS) is 13.9. The number of benzene rings is 3. The number of aliphatic hydroxyl groups is 1. The second kappa shape index (κ2) is 7.40. The fraction of sp³-hybridized carbons (Fsp3) is 0.190. The van der Waals surface area contributed by atoms with Crippen molar-refractivity contribution in [2.75, 3.05) is 6.54 Å². The van der Waals surface area contributed by atoms with Crippen molar-refractivity contribution < 1.29 is 23.1 Å². The van der Waals surface area contributed by atoms with Crippen molar-refractivity contribution in [2.24, 2.45) is 0 Å². The molecule has 0 fully saturated rings. The van der Waals surface area contributed by atoms with Crippen molar-refractivity contribution in [3.05, 3.63) is 83.9 Å². The number of fused-ring (bicyclic) bond motifs is 1. The van der Waals surface area contributed by atoms with Gasteiger partial charge in [-0.15, -0.1) is 0 Å². The molecule has 0 aliphatic carbocycles. The first-order valence-corrected chi connectivity index (χ1v) is 8.39. The van der Waals surface area contributed by atoms with Gasteiger partial charge in [-0.3, -0.25) is 4.79 Å². The molecular formula is C21H18F3NO2. The number of halogens is 3. The summed E-state index contributed by atoms with van der Waals surface area (Å²) < 4.78 is 40.4. The number of alkyl halides is 3. The summed E-state index contributed by atoms with van der Waals surface area (Å²) in [5.41, 5.74) is -2.76. The van der Waals surface area contributed by atoms with Crippen LogP contribution in [0.4, 0.5) is 13.2 Å². The van der Waals surface area contributed by atoms with Gasteiger partial charge in [0.05, 0.1) is 13.0 Å². The van der Waals surface area contributed by atoms with E-state index in [1.807, 2.05) is 30.3 Å². The highest BCUT2D eigenvalue weighted by atomic mass is 19.4. The van der Waals surface area contributed by atoms with Crippen molar-refractivity contribution in [1.29, 1.82) is 0 Å². The molecule has 1 amide bonds. The molecule has 3 aromatic carbocycles. The summed E-state index contributed by atoms with van der Waals surface area (Å²) in [5.74, 6) is -0.593. The minimum absolute atomic E-state index is 0.0793. The second-order valence-electron chi connectivity index (χ2n) is 6.32. The standard InChI is InChI=1S/C21H18F3NO2/c22-21(23,24)20(27,17-10-2-1-3-11-17)14-25-19(26)13-16-9-6-8-15-7-4-5-12-18(15)16/h1-12,27H,13-14H2,(H,25,26). The van der Waals surface area contributed by atoms with Gasteiger partial charge in [-0.1, -0.05) is 72.8 Å². The van der Waals surface area contributed by atoms with Crippen LogP contribution in [0.2, 0.25) is 0 Å². The van der Waals surface area contributed by atoms with E-state index in [4.69, 9.17) is 0 Å². The average molecular weight is 373 g/mol. The van der Waals surface area contributed by atoms with E-state index >= 15 is 0 Å². The van der Waals surface area contributed by atoms with Gasteiger partial charge < -0.3 is 10.4 Å². The first-order valence-electron chi connectivity index (χ1n) is 8.39. The molecule has 1 unspecified atom stereocenters. The number of carbonyl (C=O) groups excluding carboxylic acids is 1. The third kappa shape index (κ3) is 3.95. The van der Waals surface area contributed by atoms with Crippen LogP contribution in [-0.4, -0.2) is 23.7 Å². The van der Waals surface area contributed by atoms with E-state index in [0.717, 1.165) is 10.8 Å². The van der Waals surface area contributed by atoms with Crippen molar-refractivity contribution in [2.45, 2.75) is 18.2 Å². The highest BCUT2D eigenvalue weighted by Crippen LogP contribution is 2.38. The lowest BCUT2D eigenvalue weighted by Gasteiger charge is -2.31. The molecule has 0 radical (unpaired) electrons. The Balaban J connectivity index is 1.77. The molecule has 0 aromatic heterocycles. The summed E-state index contributed by atoms with van der Waals surface area (Å²) in [6, 6.07) is 19.6. The fourth-order valence-corrected chi connectivity index (χ4v) is 2.99. The van der Waals surface area contributed by atoms with E-state index in [9.17, 15) is 23.1 Å². The molecule has 0 saturated heterocycles. The molecule has 0 bridgehead atoms. The molecule has 2 N–H and O–H groups in total. The van der Waals surface area contributed by atoms with E-state index < -0.39 is 24.2 Å². The zero-order chi connectivity index (χ0) is 19.5. The monoisotopic (exact) mass is 373 g/mol. The third-order valence-electron chi connectivity index (χ3n) is 4.49. The van der Waals surface area contributed by atoms with Crippen molar-refractivity contribution in [1.82, 2.24) is 5.32 Å². The molecule has 0 heterocycles. The van der Waals surface area contributed by atoms with Gasteiger partial charge in [-0.05, 0) is 21.9 Å². The number of rotatable bonds is 5. The maximum atomic E-state index is 13.5. The SMILES string of the molecule is O=C(Cc1cccc2ccccc12)NCC(O)(c1ccccc1)C(F)(F)F. The maximum absolute atomic E-state index is 13.5. The quantitative estimate of drug-likeness (QED) is 0.712. The predicted octanol–water partition coefficient (Wildman–Crippen LogP) is 3.95. The van der Waals surface area contributed by atoms with Crippen LogP contribution in [-0.2, 0) is 16.8 Å². The lowest BCUT2D eigenvalue weighted by molar-refractivity contribution is -0.264.